The van der Waals surface area contributed by atoms with Gasteiger partial charge in [-0.2, -0.15) is 0 Å². The molecule has 0 spiro atoms. The highest BCUT2D eigenvalue weighted by atomic mass is 16.5. The van der Waals surface area contributed by atoms with E-state index in [0.717, 1.165) is 36.8 Å². The molecule has 3 heterocycles. The van der Waals surface area contributed by atoms with Crippen molar-refractivity contribution in [3.05, 3.63) is 35.2 Å². The molecule has 0 aliphatic carbocycles. The number of hydrogen-bond acceptors (Lipinski definition) is 4. The van der Waals surface area contributed by atoms with Crippen molar-refractivity contribution in [3.8, 4) is 0 Å². The van der Waals surface area contributed by atoms with Crippen LogP contribution >= 0.6 is 0 Å². The monoisotopic (exact) mass is 274 g/mol. The number of piperidine rings is 1. The van der Waals surface area contributed by atoms with Crippen LogP contribution in [0.5, 0.6) is 0 Å². The first kappa shape index (κ1) is 13.4. The van der Waals surface area contributed by atoms with Crippen LogP contribution in [0.25, 0.3) is 0 Å². The molecule has 0 amide bonds. The van der Waals surface area contributed by atoms with Crippen LogP contribution < -0.4 is 0 Å². The van der Waals surface area contributed by atoms with Gasteiger partial charge in [0.1, 0.15) is 11.6 Å². The summed E-state index contributed by atoms with van der Waals surface area (Å²) in [6, 6.07) is 0.387. The zero-order chi connectivity index (χ0) is 13.9. The fraction of sp³-hybridized carbons (Fsp3) is 0.600. The van der Waals surface area contributed by atoms with Gasteiger partial charge in [0.05, 0.1) is 11.7 Å². The third-order valence-electron chi connectivity index (χ3n) is 4.20. The van der Waals surface area contributed by atoms with Crippen LogP contribution in [0.15, 0.2) is 16.9 Å². The van der Waals surface area contributed by atoms with E-state index in [1.165, 1.54) is 24.8 Å². The van der Waals surface area contributed by atoms with E-state index in [1.54, 1.807) is 0 Å². The van der Waals surface area contributed by atoms with Crippen LogP contribution in [0, 0.1) is 6.92 Å². The smallest absolute Gasteiger partial charge is 0.141 e. The molecule has 5 nitrogen and oxygen atoms in total. The second-order valence-electron chi connectivity index (χ2n) is 5.48. The summed E-state index contributed by atoms with van der Waals surface area (Å²) < 4.78 is 5.41. The van der Waals surface area contributed by atoms with Gasteiger partial charge in [-0.15, -0.1) is 0 Å². The van der Waals surface area contributed by atoms with Crippen molar-refractivity contribution in [3.63, 3.8) is 0 Å². The third-order valence-corrected chi connectivity index (χ3v) is 4.20. The van der Waals surface area contributed by atoms with E-state index in [2.05, 4.69) is 26.9 Å². The fourth-order valence-corrected chi connectivity index (χ4v) is 3.07. The quantitative estimate of drug-likeness (QED) is 0.931. The molecule has 5 heteroatoms. The Balaban J connectivity index is 1.82. The molecular formula is C15H22N4O. The molecule has 0 aromatic carbocycles. The van der Waals surface area contributed by atoms with Crippen LogP contribution in [0.4, 0.5) is 0 Å². The Labute approximate surface area is 119 Å². The van der Waals surface area contributed by atoms with E-state index in [1.807, 2.05) is 19.3 Å². The Morgan fingerprint density at radius 1 is 1.45 bits per heavy atom. The molecule has 1 N–H and O–H groups in total. The molecule has 3 rings (SSSR count). The minimum atomic E-state index is 0.387. The van der Waals surface area contributed by atoms with E-state index in [0.29, 0.717) is 6.04 Å². The van der Waals surface area contributed by atoms with Crippen LogP contribution in [0.3, 0.4) is 0 Å². The predicted molar refractivity (Wildman–Crippen MR) is 76.2 cm³/mol. The number of imidazole rings is 1. The first-order valence-corrected chi connectivity index (χ1v) is 7.47. The number of aryl methyl sites for hydroxylation is 2. The Hall–Kier alpha value is -1.62. The molecule has 2 aromatic rings. The van der Waals surface area contributed by atoms with Crippen molar-refractivity contribution in [1.29, 1.82) is 0 Å². The predicted octanol–water partition coefficient (Wildman–Crippen LogP) is 3.00. The highest BCUT2D eigenvalue weighted by molar-refractivity contribution is 5.22. The second-order valence-corrected chi connectivity index (χ2v) is 5.48. The average molecular weight is 274 g/mol. The van der Waals surface area contributed by atoms with Crippen LogP contribution in [0.1, 0.15) is 55.1 Å². The molecule has 1 saturated heterocycles. The zero-order valence-electron chi connectivity index (χ0n) is 12.2. The van der Waals surface area contributed by atoms with E-state index in [-0.39, 0.29) is 0 Å². The summed E-state index contributed by atoms with van der Waals surface area (Å²) >= 11 is 0. The van der Waals surface area contributed by atoms with E-state index < -0.39 is 0 Å². The molecule has 1 aliphatic heterocycles. The largest absolute Gasteiger partial charge is 0.361 e. The zero-order valence-corrected chi connectivity index (χ0v) is 12.2. The van der Waals surface area contributed by atoms with Gasteiger partial charge >= 0.3 is 0 Å². The Kier molecular flexibility index (Phi) is 3.87. The van der Waals surface area contributed by atoms with Crippen LogP contribution in [-0.4, -0.2) is 26.6 Å². The highest BCUT2D eigenvalue weighted by Gasteiger charge is 2.27. The minimum Gasteiger partial charge on any atom is -0.361 e. The van der Waals surface area contributed by atoms with Crippen molar-refractivity contribution in [2.45, 2.75) is 52.1 Å². The lowest BCUT2D eigenvalue weighted by atomic mass is 10.00. The second kappa shape index (κ2) is 5.79. The van der Waals surface area contributed by atoms with Gasteiger partial charge in [-0.25, -0.2) is 4.98 Å². The van der Waals surface area contributed by atoms with E-state index in [4.69, 9.17) is 4.52 Å². The number of likely N-dealkylation sites (tertiary alicyclic amines) is 1. The first-order valence-electron chi connectivity index (χ1n) is 7.47. The average Bonchev–Trinajstić information content (AvgIpc) is 3.11. The number of H-pyrrole nitrogens is 1. The third kappa shape index (κ3) is 2.50. The van der Waals surface area contributed by atoms with Gasteiger partial charge < -0.3 is 9.51 Å². The van der Waals surface area contributed by atoms with Gasteiger partial charge in [-0.1, -0.05) is 18.5 Å². The Morgan fingerprint density at radius 3 is 3.10 bits per heavy atom. The maximum atomic E-state index is 5.41. The molecule has 20 heavy (non-hydrogen) atoms. The van der Waals surface area contributed by atoms with Gasteiger partial charge in [-0.05, 0) is 26.3 Å². The Bertz CT molecular complexity index is 546. The molecule has 2 aromatic heterocycles. The van der Waals surface area contributed by atoms with Crippen molar-refractivity contribution < 1.29 is 4.52 Å². The maximum Gasteiger partial charge on any atom is 0.141 e. The molecule has 1 fully saturated rings. The van der Waals surface area contributed by atoms with Gasteiger partial charge in [0.15, 0.2) is 0 Å². The summed E-state index contributed by atoms with van der Waals surface area (Å²) in [5.74, 6) is 2.10. The highest BCUT2D eigenvalue weighted by Crippen LogP contribution is 2.31. The fourth-order valence-electron chi connectivity index (χ4n) is 3.07. The lowest BCUT2D eigenvalue weighted by Crippen LogP contribution is -2.33. The lowest BCUT2D eigenvalue weighted by molar-refractivity contribution is 0.133. The van der Waals surface area contributed by atoms with Gasteiger partial charge in [0, 0.05) is 30.9 Å². The van der Waals surface area contributed by atoms with E-state index in [9.17, 15) is 0 Å². The molecule has 108 valence electrons. The number of nitrogens with zero attached hydrogens (tertiary/aromatic N) is 3. The van der Waals surface area contributed by atoms with Crippen molar-refractivity contribution in [1.82, 2.24) is 20.0 Å². The van der Waals surface area contributed by atoms with Crippen molar-refractivity contribution in [2.75, 3.05) is 6.54 Å². The first-order chi connectivity index (χ1) is 9.79. The number of nitrogens with one attached hydrogen (secondary N) is 1. The van der Waals surface area contributed by atoms with E-state index >= 15 is 0 Å². The summed E-state index contributed by atoms with van der Waals surface area (Å²) in [5.41, 5.74) is 2.27. The summed E-state index contributed by atoms with van der Waals surface area (Å²) in [6.45, 7) is 6.16. The maximum absolute atomic E-state index is 5.41. The van der Waals surface area contributed by atoms with Crippen LogP contribution in [0.2, 0.25) is 0 Å². The number of aromatic nitrogens is 3. The molecular weight excluding hydrogens is 252 g/mol. The summed E-state index contributed by atoms with van der Waals surface area (Å²) in [5, 5.41) is 4.12. The molecule has 1 aliphatic rings. The lowest BCUT2D eigenvalue weighted by Gasteiger charge is -2.34. The molecule has 0 saturated carbocycles. The molecule has 0 bridgehead atoms. The summed E-state index contributed by atoms with van der Waals surface area (Å²) in [7, 11) is 0. The number of hydrogen-bond donors (Lipinski definition) is 1. The van der Waals surface area contributed by atoms with Gasteiger partial charge in [0.25, 0.3) is 0 Å². The normalized spacial score (nSPS) is 20.4. The molecule has 1 atom stereocenters. The van der Waals surface area contributed by atoms with Crippen LogP contribution in [-0.2, 0) is 13.0 Å². The van der Waals surface area contributed by atoms with Gasteiger partial charge in [-0.3, -0.25) is 4.90 Å². The molecule has 0 radical (unpaired) electrons. The Morgan fingerprint density at radius 2 is 2.35 bits per heavy atom. The summed E-state index contributed by atoms with van der Waals surface area (Å²) in [6.07, 6.45) is 8.33. The van der Waals surface area contributed by atoms with Gasteiger partial charge in [0.2, 0.25) is 0 Å². The number of rotatable bonds is 4. The van der Waals surface area contributed by atoms with Crippen molar-refractivity contribution >= 4 is 0 Å². The topological polar surface area (TPSA) is 58.0 Å². The standard InChI is InChI=1S/C15H22N4O/c1-3-14-12(11(2)18-20-14)10-19-9-5-4-6-13(19)15-16-7-8-17-15/h7-8,13H,3-6,9-10H2,1-2H3,(H,16,17). The molecule has 1 unspecified atom stereocenters. The van der Waals surface area contributed by atoms with Crippen molar-refractivity contribution in [2.24, 2.45) is 0 Å². The number of aromatic amines is 1. The summed E-state index contributed by atoms with van der Waals surface area (Å²) in [4.78, 5) is 10.2. The SMILES string of the molecule is CCc1onc(C)c1CN1CCCCC1c1ncc[nH]1. The minimum absolute atomic E-state index is 0.387.